The molecule has 2 heterocycles. The number of halogens is 4. The minimum Gasteiger partial charge on any atom is -0.481 e. The molecular formula is C22H18BrF3N2O4. The van der Waals surface area contributed by atoms with Crippen LogP contribution >= 0.6 is 15.9 Å². The Morgan fingerprint density at radius 3 is 2.38 bits per heavy atom. The summed E-state index contributed by atoms with van der Waals surface area (Å²) in [6, 6.07) is 16.2. The first kappa shape index (κ1) is 23.5. The molecule has 168 valence electrons. The number of hydrogen-bond donors (Lipinski definition) is 1. The number of esters is 1. The predicted molar refractivity (Wildman–Crippen MR) is 113 cm³/mol. The molecule has 4 rings (SSSR count). The van der Waals surface area contributed by atoms with Gasteiger partial charge in [0.25, 0.3) is 0 Å². The predicted octanol–water partition coefficient (Wildman–Crippen LogP) is 5.00. The van der Waals surface area contributed by atoms with Gasteiger partial charge in [-0.25, -0.2) is 9.78 Å². The van der Waals surface area contributed by atoms with Gasteiger partial charge in [-0.3, -0.25) is 4.79 Å². The lowest BCUT2D eigenvalue weighted by atomic mass is 9.79. The number of carbonyl (C=O) groups excluding carboxylic acids is 1. The van der Waals surface area contributed by atoms with E-state index in [1.165, 1.54) is 0 Å². The zero-order valence-corrected chi connectivity index (χ0v) is 18.4. The smallest absolute Gasteiger partial charge is 0.481 e. The SMILES string of the molecule is COC(=O)C(F)(F)F.O=C(O)CCC1(c2ccc(Br)cc2)c2ccccc2-c2nccn21. The first-order valence-corrected chi connectivity index (χ1v) is 10.2. The highest BCUT2D eigenvalue weighted by Gasteiger charge is 2.44. The molecule has 1 aromatic heterocycles. The number of benzene rings is 2. The third-order valence-electron chi connectivity index (χ3n) is 5.10. The molecule has 3 aromatic rings. The van der Waals surface area contributed by atoms with Gasteiger partial charge in [-0.05, 0) is 29.7 Å². The van der Waals surface area contributed by atoms with Crippen molar-refractivity contribution in [1.29, 1.82) is 0 Å². The second-order valence-corrected chi connectivity index (χ2v) is 7.83. The first-order valence-electron chi connectivity index (χ1n) is 9.38. The highest BCUT2D eigenvalue weighted by molar-refractivity contribution is 9.10. The monoisotopic (exact) mass is 510 g/mol. The number of hydrogen-bond acceptors (Lipinski definition) is 4. The molecule has 0 aliphatic carbocycles. The van der Waals surface area contributed by atoms with Crippen molar-refractivity contribution < 1.29 is 32.6 Å². The van der Waals surface area contributed by atoms with Crippen LogP contribution in [-0.2, 0) is 19.9 Å². The van der Waals surface area contributed by atoms with E-state index in [4.69, 9.17) is 0 Å². The summed E-state index contributed by atoms with van der Waals surface area (Å²) in [5.41, 5.74) is 2.70. The van der Waals surface area contributed by atoms with Crippen LogP contribution in [0.2, 0.25) is 0 Å². The Hall–Kier alpha value is -3.14. The van der Waals surface area contributed by atoms with Crippen LogP contribution in [-0.4, -0.2) is 39.9 Å². The van der Waals surface area contributed by atoms with Crippen LogP contribution in [0.1, 0.15) is 24.0 Å². The van der Waals surface area contributed by atoms with Crippen LogP contribution in [0.25, 0.3) is 11.4 Å². The number of carboxylic acid groups (broad SMARTS) is 1. The Morgan fingerprint density at radius 1 is 1.16 bits per heavy atom. The summed E-state index contributed by atoms with van der Waals surface area (Å²) < 4.78 is 39.4. The molecule has 0 spiro atoms. The van der Waals surface area contributed by atoms with Crippen LogP contribution in [0.15, 0.2) is 65.4 Å². The maximum Gasteiger partial charge on any atom is 0.490 e. The van der Waals surface area contributed by atoms with Crippen molar-refractivity contribution in [2.45, 2.75) is 24.6 Å². The summed E-state index contributed by atoms with van der Waals surface area (Å²) in [5.74, 6) is -2.08. The van der Waals surface area contributed by atoms with Gasteiger partial charge in [-0.2, -0.15) is 13.2 Å². The van der Waals surface area contributed by atoms with E-state index in [1.807, 2.05) is 30.5 Å². The number of carbonyl (C=O) groups is 2. The van der Waals surface area contributed by atoms with Gasteiger partial charge in [0.15, 0.2) is 0 Å². The third kappa shape index (κ3) is 4.40. The average molecular weight is 511 g/mol. The maximum atomic E-state index is 11.3. The van der Waals surface area contributed by atoms with E-state index < -0.39 is 23.7 Å². The summed E-state index contributed by atoms with van der Waals surface area (Å²) in [7, 11) is 0.676. The van der Waals surface area contributed by atoms with Crippen molar-refractivity contribution in [1.82, 2.24) is 9.55 Å². The number of methoxy groups -OCH3 is 1. The van der Waals surface area contributed by atoms with E-state index in [-0.39, 0.29) is 6.42 Å². The van der Waals surface area contributed by atoms with Crippen molar-refractivity contribution in [2.24, 2.45) is 0 Å². The molecule has 1 aliphatic heterocycles. The minimum atomic E-state index is -4.85. The first-order chi connectivity index (χ1) is 15.1. The molecule has 0 amide bonds. The molecule has 1 N–H and O–H groups in total. The molecule has 10 heteroatoms. The summed E-state index contributed by atoms with van der Waals surface area (Å²) in [4.78, 5) is 25.3. The fraction of sp³-hybridized carbons (Fsp3) is 0.227. The van der Waals surface area contributed by atoms with E-state index in [0.717, 1.165) is 27.0 Å². The van der Waals surface area contributed by atoms with Gasteiger partial charge < -0.3 is 14.4 Å². The second-order valence-electron chi connectivity index (χ2n) is 6.92. The van der Waals surface area contributed by atoms with Gasteiger partial charge >= 0.3 is 18.1 Å². The summed E-state index contributed by atoms with van der Waals surface area (Å²) in [6.45, 7) is 0. The summed E-state index contributed by atoms with van der Waals surface area (Å²) in [5, 5.41) is 9.29. The molecule has 1 unspecified atom stereocenters. The van der Waals surface area contributed by atoms with Gasteiger partial charge in [-0.1, -0.05) is 52.3 Å². The van der Waals surface area contributed by atoms with Gasteiger partial charge in [0.05, 0.1) is 12.6 Å². The lowest BCUT2D eigenvalue weighted by Crippen LogP contribution is -2.33. The molecule has 0 fully saturated rings. The Balaban J connectivity index is 0.000000312. The maximum absolute atomic E-state index is 11.3. The molecule has 0 bridgehead atoms. The molecule has 6 nitrogen and oxygen atoms in total. The largest absolute Gasteiger partial charge is 0.490 e. The second kappa shape index (κ2) is 9.15. The quantitative estimate of drug-likeness (QED) is 0.499. The molecule has 32 heavy (non-hydrogen) atoms. The van der Waals surface area contributed by atoms with E-state index in [0.29, 0.717) is 13.5 Å². The molecule has 0 saturated carbocycles. The highest BCUT2D eigenvalue weighted by Crippen LogP contribution is 2.49. The van der Waals surface area contributed by atoms with Crippen LogP contribution in [0.3, 0.4) is 0 Å². The standard InChI is InChI=1S/C19H15BrN2O2.C3H3F3O2/c20-14-7-5-13(6-8-14)19(10-9-17(23)24)16-4-2-1-3-15(16)18-21-11-12-22(18)19;1-8-2(7)3(4,5)6/h1-8,11-12H,9-10H2,(H,23,24);1H3. The lowest BCUT2D eigenvalue weighted by Gasteiger charge is -2.33. The van der Waals surface area contributed by atoms with E-state index >= 15 is 0 Å². The number of imidazole rings is 1. The van der Waals surface area contributed by atoms with Crippen molar-refractivity contribution in [3.05, 3.63) is 76.5 Å². The van der Waals surface area contributed by atoms with Crippen LogP contribution in [0.5, 0.6) is 0 Å². The molecular weight excluding hydrogens is 493 g/mol. The zero-order chi connectivity index (χ0) is 23.5. The van der Waals surface area contributed by atoms with Crippen LogP contribution < -0.4 is 0 Å². The molecule has 1 atom stereocenters. The van der Waals surface area contributed by atoms with Gasteiger partial charge in [0.2, 0.25) is 0 Å². The van der Waals surface area contributed by atoms with E-state index in [9.17, 15) is 27.9 Å². The number of ether oxygens (including phenoxy) is 1. The van der Waals surface area contributed by atoms with Crippen molar-refractivity contribution in [3.63, 3.8) is 0 Å². The van der Waals surface area contributed by atoms with Gasteiger partial charge in [0.1, 0.15) is 5.82 Å². The summed E-state index contributed by atoms with van der Waals surface area (Å²) >= 11 is 3.48. The molecule has 1 aliphatic rings. The van der Waals surface area contributed by atoms with Crippen molar-refractivity contribution in [2.75, 3.05) is 7.11 Å². The minimum absolute atomic E-state index is 0.0853. The van der Waals surface area contributed by atoms with Crippen LogP contribution in [0, 0.1) is 0 Å². The summed E-state index contributed by atoms with van der Waals surface area (Å²) in [6.07, 6.45) is -0.569. The van der Waals surface area contributed by atoms with Gasteiger partial charge in [0, 0.05) is 28.9 Å². The molecule has 0 saturated heterocycles. The Kier molecular flexibility index (Phi) is 6.73. The average Bonchev–Trinajstić information content (AvgIpc) is 3.33. The fourth-order valence-electron chi connectivity index (χ4n) is 3.80. The van der Waals surface area contributed by atoms with Crippen molar-refractivity contribution >= 4 is 27.9 Å². The highest BCUT2D eigenvalue weighted by atomic mass is 79.9. The van der Waals surface area contributed by atoms with E-state index in [2.05, 4.69) is 54.5 Å². The number of rotatable bonds is 4. The topological polar surface area (TPSA) is 81.4 Å². The molecule has 2 aromatic carbocycles. The molecule has 0 radical (unpaired) electrons. The lowest BCUT2D eigenvalue weighted by molar-refractivity contribution is -0.196. The number of fused-ring (bicyclic) bond motifs is 3. The van der Waals surface area contributed by atoms with Crippen LogP contribution in [0.4, 0.5) is 13.2 Å². The fourth-order valence-corrected chi connectivity index (χ4v) is 4.07. The van der Waals surface area contributed by atoms with Gasteiger partial charge in [-0.15, -0.1) is 0 Å². The number of alkyl halides is 3. The van der Waals surface area contributed by atoms with E-state index in [1.54, 1.807) is 6.20 Å². The normalized spacial score (nSPS) is 16.4. The number of carboxylic acids is 1. The number of aliphatic carboxylic acids is 1. The third-order valence-corrected chi connectivity index (χ3v) is 5.63. The van der Waals surface area contributed by atoms with Crippen molar-refractivity contribution in [3.8, 4) is 11.4 Å². The Bertz CT molecular complexity index is 1130. The Labute approximate surface area is 189 Å². The Morgan fingerprint density at radius 2 is 1.81 bits per heavy atom. The number of aromatic nitrogens is 2. The zero-order valence-electron chi connectivity index (χ0n) is 16.8. The number of nitrogens with zero attached hydrogens (tertiary/aromatic N) is 2.